The van der Waals surface area contributed by atoms with Crippen molar-refractivity contribution in [3.8, 4) is 0 Å². The Balaban J connectivity index is 2.18. The Labute approximate surface area is 173 Å². The Morgan fingerprint density at radius 2 is 1.39 bits per heavy atom. The number of benzene rings is 3. The Kier molecular flexibility index (Phi) is 4.72. The summed E-state index contributed by atoms with van der Waals surface area (Å²) in [5, 5.41) is 11.5. The second-order valence-electron chi connectivity index (χ2n) is 8.36. The molecule has 3 aromatic carbocycles. The first kappa shape index (κ1) is 19.0. The molecule has 0 saturated carbocycles. The predicted molar refractivity (Wildman–Crippen MR) is 125 cm³/mol. The molecule has 0 amide bonds. The lowest BCUT2D eigenvalue weighted by atomic mass is 9.74. The van der Waals surface area contributed by atoms with Gasteiger partial charge in [-0.25, -0.2) is 0 Å². The molecule has 1 unspecified atom stereocenters. The first-order chi connectivity index (χ1) is 13.3. The average Bonchev–Trinajstić information content (AvgIpc) is 2.66. The van der Waals surface area contributed by atoms with Crippen molar-refractivity contribution in [1.29, 1.82) is 0 Å². The third-order valence-corrected chi connectivity index (χ3v) is 5.74. The summed E-state index contributed by atoms with van der Waals surface area (Å²) >= 11 is 4.24. The van der Waals surface area contributed by atoms with E-state index in [4.69, 9.17) is 13.3 Å². The minimum Gasteiger partial charge on any atom is -0.256 e. The van der Waals surface area contributed by atoms with E-state index >= 15 is 0 Å². The summed E-state index contributed by atoms with van der Waals surface area (Å²) in [6, 6.07) is 16.9. The van der Waals surface area contributed by atoms with Gasteiger partial charge in [-0.2, -0.15) is 0 Å². The van der Waals surface area contributed by atoms with Crippen molar-refractivity contribution in [2.45, 2.75) is 32.2 Å². The van der Waals surface area contributed by atoms with Crippen LogP contribution < -0.4 is 10.1 Å². The number of nitrogens with two attached hydrogens (primary N) is 1. The van der Waals surface area contributed by atoms with Crippen LogP contribution in [0.25, 0.3) is 27.1 Å². The van der Waals surface area contributed by atoms with Gasteiger partial charge in [0.1, 0.15) is 13.9 Å². The van der Waals surface area contributed by atoms with Crippen molar-refractivity contribution in [3.63, 3.8) is 0 Å². The first-order valence-corrected chi connectivity index (χ1v) is 9.93. The molecule has 1 aliphatic rings. The molecule has 28 heavy (non-hydrogen) atoms. The molecule has 1 aliphatic carbocycles. The first-order valence-electron chi connectivity index (χ1n) is 9.48. The molecule has 3 aromatic rings. The topological polar surface area (TPSA) is 37.6 Å². The lowest BCUT2D eigenvalue weighted by molar-refractivity contribution is -0.114. The smallest absolute Gasteiger partial charge is 0.202 e. The standard InChI is InChI=1S/C24H23BN2S/c1-24(2,3)21-16-10-6-4-8-14(16)20(15-9-5-7-11-17(15)21)18-12-13-19(25)23(27-28)22(18)26/h4-13,23,26-28H,1-3H3/p+1. The highest BCUT2D eigenvalue weighted by Crippen LogP contribution is 2.42. The van der Waals surface area contributed by atoms with Crippen LogP contribution in [0.5, 0.6) is 0 Å². The highest BCUT2D eigenvalue weighted by atomic mass is 32.1. The van der Waals surface area contributed by atoms with Crippen LogP contribution in [-0.2, 0) is 5.41 Å². The lowest BCUT2D eigenvalue weighted by Crippen LogP contribution is -2.53. The maximum Gasteiger partial charge on any atom is 0.202 e. The fourth-order valence-electron chi connectivity index (χ4n) is 4.31. The monoisotopic (exact) mass is 383 g/mol. The van der Waals surface area contributed by atoms with Crippen molar-refractivity contribution in [2.75, 3.05) is 0 Å². The summed E-state index contributed by atoms with van der Waals surface area (Å²) in [6.07, 6.45) is 3.94. The molecule has 0 saturated heterocycles. The molecule has 0 bridgehead atoms. The van der Waals surface area contributed by atoms with Crippen molar-refractivity contribution in [2.24, 2.45) is 0 Å². The Morgan fingerprint density at radius 3 is 1.86 bits per heavy atom. The van der Waals surface area contributed by atoms with E-state index in [-0.39, 0.29) is 11.5 Å². The summed E-state index contributed by atoms with van der Waals surface area (Å²) in [6.45, 7) is 6.81. The molecule has 0 heterocycles. The summed E-state index contributed by atoms with van der Waals surface area (Å²) in [5.41, 5.74) is 4.86. The minimum absolute atomic E-state index is 0.00740. The maximum atomic E-state index is 6.58. The van der Waals surface area contributed by atoms with E-state index in [2.05, 4.69) is 86.8 Å². The van der Waals surface area contributed by atoms with Crippen molar-refractivity contribution in [1.82, 2.24) is 4.72 Å². The van der Waals surface area contributed by atoms with Gasteiger partial charge >= 0.3 is 0 Å². The van der Waals surface area contributed by atoms with Crippen LogP contribution in [-0.4, -0.2) is 19.6 Å². The van der Waals surface area contributed by atoms with Crippen LogP contribution in [0.15, 0.2) is 66.2 Å². The summed E-state index contributed by atoms with van der Waals surface area (Å²) < 4.78 is 2.93. The molecule has 4 heteroatoms. The molecular formula is C24H24BN2S+. The number of hydrogen-bond acceptors (Lipinski definition) is 2. The number of nitrogens with one attached hydrogen (secondary N) is 1. The van der Waals surface area contributed by atoms with E-state index in [1.807, 2.05) is 12.2 Å². The molecular weight excluding hydrogens is 359 g/mol. The van der Waals surface area contributed by atoms with Gasteiger partial charge in [0.05, 0.1) is 5.57 Å². The Hall–Kier alpha value is -2.30. The molecule has 0 aromatic heterocycles. The second kappa shape index (κ2) is 6.95. The van der Waals surface area contributed by atoms with E-state index in [1.54, 1.807) is 0 Å². The number of thiol groups is 1. The maximum absolute atomic E-state index is 6.58. The molecule has 0 spiro atoms. The van der Waals surface area contributed by atoms with E-state index < -0.39 is 0 Å². The fourth-order valence-corrected chi connectivity index (χ4v) is 4.59. The normalized spacial score (nSPS) is 17.7. The molecule has 138 valence electrons. The van der Waals surface area contributed by atoms with E-state index in [1.165, 1.54) is 27.1 Å². The Bertz CT molecular complexity index is 1110. The van der Waals surface area contributed by atoms with Gasteiger partial charge in [-0.3, -0.25) is 10.1 Å². The van der Waals surface area contributed by atoms with E-state index in [0.717, 1.165) is 11.1 Å². The SMILES string of the molecule is [B]C1=CC=C(c2c3ccccc3c(C(C)(C)C)c3ccccc23)C(=[NH2+])C1NS. The number of rotatable bonds is 2. The van der Waals surface area contributed by atoms with Gasteiger partial charge in [0.15, 0.2) is 0 Å². The van der Waals surface area contributed by atoms with Gasteiger partial charge in [-0.15, -0.1) is 0 Å². The van der Waals surface area contributed by atoms with Crippen LogP contribution in [0.2, 0.25) is 0 Å². The lowest BCUT2D eigenvalue weighted by Gasteiger charge is -2.27. The van der Waals surface area contributed by atoms with Gasteiger partial charge < -0.3 is 0 Å². The third kappa shape index (κ3) is 2.92. The molecule has 1 atom stereocenters. The summed E-state index contributed by atoms with van der Waals surface area (Å²) in [4.78, 5) is 0. The highest BCUT2D eigenvalue weighted by molar-refractivity contribution is 7.78. The number of allylic oxidation sites excluding steroid dienone is 2. The Morgan fingerprint density at radius 1 is 0.893 bits per heavy atom. The van der Waals surface area contributed by atoms with Crippen molar-refractivity contribution < 1.29 is 5.41 Å². The number of fused-ring (bicyclic) bond motifs is 2. The largest absolute Gasteiger partial charge is 0.256 e. The summed E-state index contributed by atoms with van der Waals surface area (Å²) in [5.74, 6) is 0. The van der Waals surface area contributed by atoms with Gasteiger partial charge in [0.2, 0.25) is 5.71 Å². The van der Waals surface area contributed by atoms with Gasteiger partial charge in [0, 0.05) is 5.56 Å². The molecule has 2 nitrogen and oxygen atoms in total. The third-order valence-electron chi connectivity index (χ3n) is 5.48. The van der Waals surface area contributed by atoms with Crippen LogP contribution in [0, 0.1) is 0 Å². The minimum atomic E-state index is -0.289. The quantitative estimate of drug-likeness (QED) is 0.352. The zero-order chi connectivity index (χ0) is 20.1. The summed E-state index contributed by atoms with van der Waals surface area (Å²) in [7, 11) is 6.13. The van der Waals surface area contributed by atoms with Gasteiger partial charge in [0.25, 0.3) is 0 Å². The van der Waals surface area contributed by atoms with E-state index in [0.29, 0.717) is 11.2 Å². The highest BCUT2D eigenvalue weighted by Gasteiger charge is 2.31. The fraction of sp³-hybridized carbons (Fsp3) is 0.208. The molecule has 4 rings (SSSR count). The van der Waals surface area contributed by atoms with Crippen LogP contribution in [0.4, 0.5) is 0 Å². The molecule has 3 N–H and O–H groups in total. The molecule has 2 radical (unpaired) electrons. The van der Waals surface area contributed by atoms with Crippen molar-refractivity contribution >= 4 is 53.5 Å². The molecule has 0 fully saturated rings. The van der Waals surface area contributed by atoms with Gasteiger partial charge in [-0.05, 0) is 38.6 Å². The van der Waals surface area contributed by atoms with Crippen molar-refractivity contribution in [3.05, 3.63) is 77.3 Å². The van der Waals surface area contributed by atoms with Gasteiger partial charge in [-0.1, -0.05) is 93.7 Å². The number of hydrogen-bond donors (Lipinski definition) is 3. The zero-order valence-electron chi connectivity index (χ0n) is 16.5. The predicted octanol–water partition coefficient (Wildman–Crippen LogP) is 3.74. The van der Waals surface area contributed by atoms with Crippen LogP contribution >= 0.6 is 12.8 Å². The second-order valence-corrected chi connectivity index (χ2v) is 8.61. The van der Waals surface area contributed by atoms with Crippen LogP contribution in [0.1, 0.15) is 31.9 Å². The van der Waals surface area contributed by atoms with Crippen LogP contribution in [0.3, 0.4) is 0 Å². The zero-order valence-corrected chi connectivity index (χ0v) is 17.3. The average molecular weight is 383 g/mol. The van der Waals surface area contributed by atoms with E-state index in [9.17, 15) is 0 Å². The molecule has 0 aliphatic heterocycles.